The number of pyridine rings is 1. The highest BCUT2D eigenvalue weighted by Gasteiger charge is 2.00. The first-order chi connectivity index (χ1) is 8.25. The zero-order chi connectivity index (χ0) is 12.1. The fourth-order valence-electron chi connectivity index (χ4n) is 1.30. The third kappa shape index (κ3) is 2.93. The van der Waals surface area contributed by atoms with Crippen LogP contribution in [0.3, 0.4) is 0 Å². The zero-order valence-corrected chi connectivity index (χ0v) is 9.05. The standard InChI is InChI=1S/C14H10N2O/c15-14(17)13-8-4-7-12(16-13)10-9-11-5-2-1-3-6-11/h1-8H,(H2,15,17). The average Bonchev–Trinajstić information content (AvgIpc) is 2.38. The number of rotatable bonds is 1. The van der Waals surface area contributed by atoms with Gasteiger partial charge in [-0.15, -0.1) is 0 Å². The van der Waals surface area contributed by atoms with E-state index >= 15 is 0 Å². The largest absolute Gasteiger partial charge is 0.364 e. The summed E-state index contributed by atoms with van der Waals surface area (Å²) in [5.74, 6) is 5.30. The second-order valence-corrected chi connectivity index (χ2v) is 3.39. The molecule has 82 valence electrons. The average molecular weight is 222 g/mol. The lowest BCUT2D eigenvalue weighted by Crippen LogP contribution is -2.13. The van der Waals surface area contributed by atoms with Gasteiger partial charge in [-0.25, -0.2) is 4.98 Å². The molecule has 0 aliphatic carbocycles. The molecule has 0 spiro atoms. The van der Waals surface area contributed by atoms with Crippen molar-refractivity contribution in [1.29, 1.82) is 0 Å². The summed E-state index contributed by atoms with van der Waals surface area (Å²) in [7, 11) is 0. The van der Waals surface area contributed by atoms with Gasteiger partial charge >= 0.3 is 0 Å². The molecule has 0 unspecified atom stereocenters. The molecular weight excluding hydrogens is 212 g/mol. The first kappa shape index (κ1) is 10.9. The molecule has 1 heterocycles. The maximum Gasteiger partial charge on any atom is 0.267 e. The van der Waals surface area contributed by atoms with Crippen molar-refractivity contribution in [3.05, 3.63) is 65.5 Å². The van der Waals surface area contributed by atoms with E-state index in [1.54, 1.807) is 18.2 Å². The molecule has 0 radical (unpaired) electrons. The van der Waals surface area contributed by atoms with Crippen LogP contribution in [0.25, 0.3) is 0 Å². The van der Waals surface area contributed by atoms with Crippen LogP contribution in [0.1, 0.15) is 21.7 Å². The normalized spacial score (nSPS) is 9.18. The summed E-state index contributed by atoms with van der Waals surface area (Å²) in [5.41, 5.74) is 6.80. The Morgan fingerprint density at radius 3 is 2.47 bits per heavy atom. The Hall–Kier alpha value is -2.60. The minimum atomic E-state index is -0.548. The third-order valence-electron chi connectivity index (χ3n) is 2.11. The highest BCUT2D eigenvalue weighted by Crippen LogP contribution is 1.99. The van der Waals surface area contributed by atoms with Crippen LogP contribution in [-0.4, -0.2) is 10.9 Å². The second kappa shape index (κ2) is 4.95. The van der Waals surface area contributed by atoms with Gasteiger partial charge in [0.15, 0.2) is 0 Å². The van der Waals surface area contributed by atoms with E-state index in [-0.39, 0.29) is 5.69 Å². The molecule has 0 bridgehead atoms. The summed E-state index contributed by atoms with van der Waals surface area (Å²) >= 11 is 0. The highest BCUT2D eigenvalue weighted by atomic mass is 16.1. The van der Waals surface area contributed by atoms with Crippen molar-refractivity contribution in [1.82, 2.24) is 4.98 Å². The van der Waals surface area contributed by atoms with Gasteiger partial charge in [-0.1, -0.05) is 30.2 Å². The summed E-state index contributed by atoms with van der Waals surface area (Å²) in [4.78, 5) is 15.0. The molecule has 0 atom stereocenters. The van der Waals surface area contributed by atoms with E-state index in [4.69, 9.17) is 5.73 Å². The van der Waals surface area contributed by atoms with Gasteiger partial charge in [0.05, 0.1) is 0 Å². The molecule has 1 aromatic carbocycles. The Bertz CT molecular complexity index is 594. The lowest BCUT2D eigenvalue weighted by molar-refractivity contribution is 0.0995. The molecule has 1 amide bonds. The van der Waals surface area contributed by atoms with Gasteiger partial charge in [0.1, 0.15) is 11.4 Å². The van der Waals surface area contributed by atoms with Gasteiger partial charge in [0, 0.05) is 5.56 Å². The molecule has 0 saturated carbocycles. The van der Waals surface area contributed by atoms with Crippen molar-refractivity contribution in [3.8, 4) is 11.8 Å². The maximum atomic E-state index is 10.9. The van der Waals surface area contributed by atoms with Crippen molar-refractivity contribution in [2.45, 2.75) is 0 Å². The number of carbonyl (C=O) groups is 1. The fourth-order valence-corrected chi connectivity index (χ4v) is 1.30. The van der Waals surface area contributed by atoms with Gasteiger partial charge < -0.3 is 5.73 Å². The summed E-state index contributed by atoms with van der Waals surface area (Å²) in [6.45, 7) is 0. The molecule has 0 saturated heterocycles. The zero-order valence-electron chi connectivity index (χ0n) is 9.05. The van der Waals surface area contributed by atoms with E-state index in [0.29, 0.717) is 5.69 Å². The molecule has 2 aromatic rings. The monoisotopic (exact) mass is 222 g/mol. The molecule has 2 rings (SSSR count). The number of carbonyl (C=O) groups excluding carboxylic acids is 1. The minimum absolute atomic E-state index is 0.227. The van der Waals surface area contributed by atoms with Crippen LogP contribution >= 0.6 is 0 Å². The van der Waals surface area contributed by atoms with Gasteiger partial charge in [-0.2, -0.15) is 0 Å². The fraction of sp³-hybridized carbons (Fsp3) is 0. The van der Waals surface area contributed by atoms with E-state index in [9.17, 15) is 4.79 Å². The van der Waals surface area contributed by atoms with Gasteiger partial charge in [0.25, 0.3) is 5.91 Å². The minimum Gasteiger partial charge on any atom is -0.364 e. The van der Waals surface area contributed by atoms with Crippen molar-refractivity contribution in [2.75, 3.05) is 0 Å². The Morgan fingerprint density at radius 2 is 1.76 bits per heavy atom. The Kier molecular flexibility index (Phi) is 3.18. The summed E-state index contributed by atoms with van der Waals surface area (Å²) in [6.07, 6.45) is 0. The Labute approximate surface area is 99.3 Å². The Balaban J connectivity index is 2.28. The number of hydrogen-bond acceptors (Lipinski definition) is 2. The molecule has 17 heavy (non-hydrogen) atoms. The van der Waals surface area contributed by atoms with E-state index in [1.807, 2.05) is 30.3 Å². The first-order valence-corrected chi connectivity index (χ1v) is 5.09. The van der Waals surface area contributed by atoms with Gasteiger partial charge in [-0.3, -0.25) is 4.79 Å². The van der Waals surface area contributed by atoms with Crippen LogP contribution < -0.4 is 5.73 Å². The van der Waals surface area contributed by atoms with E-state index in [1.165, 1.54) is 0 Å². The van der Waals surface area contributed by atoms with Crippen LogP contribution in [0, 0.1) is 11.8 Å². The number of nitrogens with zero attached hydrogens (tertiary/aromatic N) is 1. The Morgan fingerprint density at radius 1 is 1.00 bits per heavy atom. The number of amides is 1. The summed E-state index contributed by atoms with van der Waals surface area (Å²) < 4.78 is 0. The van der Waals surface area contributed by atoms with Crippen molar-refractivity contribution >= 4 is 5.91 Å². The topological polar surface area (TPSA) is 56.0 Å². The van der Waals surface area contributed by atoms with Crippen LogP contribution in [-0.2, 0) is 0 Å². The third-order valence-corrected chi connectivity index (χ3v) is 2.11. The molecule has 3 nitrogen and oxygen atoms in total. The highest BCUT2D eigenvalue weighted by molar-refractivity contribution is 5.90. The van der Waals surface area contributed by atoms with Gasteiger partial charge in [-0.05, 0) is 30.2 Å². The molecule has 2 N–H and O–H groups in total. The SMILES string of the molecule is NC(=O)c1cccc(C#Cc2ccccc2)n1. The van der Waals surface area contributed by atoms with E-state index in [0.717, 1.165) is 5.56 Å². The maximum absolute atomic E-state index is 10.9. The van der Waals surface area contributed by atoms with E-state index in [2.05, 4.69) is 16.8 Å². The second-order valence-electron chi connectivity index (χ2n) is 3.39. The smallest absolute Gasteiger partial charge is 0.267 e. The molecule has 0 fully saturated rings. The van der Waals surface area contributed by atoms with E-state index < -0.39 is 5.91 Å². The summed E-state index contributed by atoms with van der Waals surface area (Å²) in [5, 5.41) is 0. The molecule has 3 heteroatoms. The lowest BCUT2D eigenvalue weighted by atomic mass is 10.2. The number of hydrogen-bond donors (Lipinski definition) is 1. The number of benzene rings is 1. The number of nitrogens with two attached hydrogens (primary N) is 1. The van der Waals surface area contributed by atoms with Crippen LogP contribution in [0.5, 0.6) is 0 Å². The van der Waals surface area contributed by atoms with Crippen LogP contribution in [0.15, 0.2) is 48.5 Å². The molecule has 1 aromatic heterocycles. The van der Waals surface area contributed by atoms with Crippen LogP contribution in [0.2, 0.25) is 0 Å². The lowest BCUT2D eigenvalue weighted by Gasteiger charge is -1.94. The van der Waals surface area contributed by atoms with Crippen molar-refractivity contribution in [3.63, 3.8) is 0 Å². The summed E-state index contributed by atoms with van der Waals surface area (Å²) in [6, 6.07) is 14.6. The first-order valence-electron chi connectivity index (χ1n) is 5.09. The van der Waals surface area contributed by atoms with Crippen molar-refractivity contribution in [2.24, 2.45) is 5.73 Å². The molecule has 0 aliphatic heterocycles. The predicted molar refractivity (Wildman–Crippen MR) is 65.2 cm³/mol. The molecule has 0 aliphatic rings. The number of aromatic nitrogens is 1. The molecular formula is C14H10N2O. The van der Waals surface area contributed by atoms with Gasteiger partial charge in [0.2, 0.25) is 0 Å². The van der Waals surface area contributed by atoms with Crippen LogP contribution in [0.4, 0.5) is 0 Å². The number of primary amides is 1. The van der Waals surface area contributed by atoms with Crippen molar-refractivity contribution < 1.29 is 4.79 Å². The predicted octanol–water partition coefficient (Wildman–Crippen LogP) is 1.58. The quantitative estimate of drug-likeness (QED) is 0.745.